The van der Waals surface area contributed by atoms with Gasteiger partial charge in [0.2, 0.25) is 0 Å². The molecule has 1 fully saturated rings. The third-order valence-corrected chi connectivity index (χ3v) is 3.55. The molecule has 0 spiro atoms. The van der Waals surface area contributed by atoms with Gasteiger partial charge in [-0.25, -0.2) is 0 Å². The van der Waals surface area contributed by atoms with Gasteiger partial charge in [-0.15, -0.1) is 0 Å². The fraction of sp³-hybridized carbons (Fsp3) is 0.571. The highest BCUT2D eigenvalue weighted by molar-refractivity contribution is 5.47. The molecule has 1 atom stereocenters. The standard InChI is InChI=1S/C14H21NO2/c1-14(17)7-2-9-15(10-8-14)13-5-3-12(11-16)4-6-13/h3-6,16-17H,2,7-11H2,1H3. The largest absolute Gasteiger partial charge is 0.392 e. The Morgan fingerprint density at radius 2 is 1.88 bits per heavy atom. The fourth-order valence-corrected chi connectivity index (χ4v) is 2.33. The zero-order chi connectivity index (χ0) is 12.3. The molecule has 1 heterocycles. The predicted octanol–water partition coefficient (Wildman–Crippen LogP) is 1.92. The predicted molar refractivity (Wildman–Crippen MR) is 69.1 cm³/mol. The number of anilines is 1. The molecule has 94 valence electrons. The summed E-state index contributed by atoms with van der Waals surface area (Å²) in [6.07, 6.45) is 2.71. The van der Waals surface area contributed by atoms with Crippen LogP contribution in [0.15, 0.2) is 24.3 Å². The molecular formula is C14H21NO2. The molecule has 0 radical (unpaired) electrons. The number of rotatable bonds is 2. The van der Waals surface area contributed by atoms with Crippen LogP contribution in [0, 0.1) is 0 Å². The lowest BCUT2D eigenvalue weighted by Crippen LogP contribution is -2.28. The summed E-state index contributed by atoms with van der Waals surface area (Å²) >= 11 is 0. The van der Waals surface area contributed by atoms with Gasteiger partial charge in [0.25, 0.3) is 0 Å². The molecular weight excluding hydrogens is 214 g/mol. The van der Waals surface area contributed by atoms with Gasteiger partial charge < -0.3 is 15.1 Å². The molecule has 1 aromatic carbocycles. The molecule has 1 aromatic rings. The molecule has 1 aliphatic rings. The van der Waals surface area contributed by atoms with Gasteiger partial charge in [0.1, 0.15) is 0 Å². The number of aliphatic hydroxyl groups excluding tert-OH is 1. The van der Waals surface area contributed by atoms with E-state index in [1.54, 1.807) is 0 Å². The van der Waals surface area contributed by atoms with Crippen LogP contribution in [0.3, 0.4) is 0 Å². The van der Waals surface area contributed by atoms with Crippen LogP contribution in [0.1, 0.15) is 31.7 Å². The lowest BCUT2D eigenvalue weighted by atomic mass is 9.98. The van der Waals surface area contributed by atoms with Crippen LogP contribution in [0.5, 0.6) is 0 Å². The van der Waals surface area contributed by atoms with Crippen molar-refractivity contribution in [1.29, 1.82) is 0 Å². The highest BCUT2D eigenvalue weighted by Crippen LogP contribution is 2.25. The molecule has 2 N–H and O–H groups in total. The average Bonchev–Trinajstić information content (AvgIpc) is 2.50. The second-order valence-electron chi connectivity index (χ2n) is 5.16. The van der Waals surface area contributed by atoms with Crippen molar-refractivity contribution in [3.63, 3.8) is 0 Å². The third kappa shape index (κ3) is 3.20. The Balaban J connectivity index is 2.06. The van der Waals surface area contributed by atoms with Gasteiger partial charge in [-0.05, 0) is 43.9 Å². The van der Waals surface area contributed by atoms with Crippen molar-refractivity contribution in [2.24, 2.45) is 0 Å². The second kappa shape index (κ2) is 5.07. The van der Waals surface area contributed by atoms with Crippen molar-refractivity contribution >= 4 is 5.69 Å². The Morgan fingerprint density at radius 3 is 2.53 bits per heavy atom. The minimum Gasteiger partial charge on any atom is -0.392 e. The highest BCUT2D eigenvalue weighted by Gasteiger charge is 2.24. The molecule has 3 nitrogen and oxygen atoms in total. The number of aliphatic hydroxyl groups is 2. The van der Waals surface area contributed by atoms with Gasteiger partial charge in [0.05, 0.1) is 12.2 Å². The summed E-state index contributed by atoms with van der Waals surface area (Å²) in [6.45, 7) is 3.90. The first-order valence-electron chi connectivity index (χ1n) is 6.28. The number of hydrogen-bond donors (Lipinski definition) is 2. The molecule has 0 saturated carbocycles. The maximum Gasteiger partial charge on any atom is 0.0681 e. The minimum absolute atomic E-state index is 0.0923. The number of hydrogen-bond acceptors (Lipinski definition) is 3. The summed E-state index contributed by atoms with van der Waals surface area (Å²) in [4.78, 5) is 2.31. The second-order valence-corrected chi connectivity index (χ2v) is 5.16. The smallest absolute Gasteiger partial charge is 0.0681 e. The molecule has 2 rings (SSSR count). The van der Waals surface area contributed by atoms with E-state index in [4.69, 9.17) is 5.11 Å². The first kappa shape index (κ1) is 12.4. The molecule has 0 amide bonds. The van der Waals surface area contributed by atoms with Crippen LogP contribution < -0.4 is 4.90 Å². The van der Waals surface area contributed by atoms with E-state index in [9.17, 15) is 5.11 Å². The zero-order valence-corrected chi connectivity index (χ0v) is 10.4. The molecule has 0 bridgehead atoms. The van der Waals surface area contributed by atoms with Crippen molar-refractivity contribution in [2.75, 3.05) is 18.0 Å². The van der Waals surface area contributed by atoms with Gasteiger partial charge in [0.15, 0.2) is 0 Å². The molecule has 1 aliphatic heterocycles. The van der Waals surface area contributed by atoms with E-state index < -0.39 is 5.60 Å². The highest BCUT2D eigenvalue weighted by atomic mass is 16.3. The van der Waals surface area contributed by atoms with E-state index in [1.807, 2.05) is 31.2 Å². The molecule has 0 aliphatic carbocycles. The first-order valence-corrected chi connectivity index (χ1v) is 6.28. The topological polar surface area (TPSA) is 43.7 Å². The average molecular weight is 235 g/mol. The van der Waals surface area contributed by atoms with Crippen LogP contribution in [0.25, 0.3) is 0 Å². The van der Waals surface area contributed by atoms with E-state index in [1.165, 1.54) is 5.69 Å². The lowest BCUT2D eigenvalue weighted by molar-refractivity contribution is 0.0481. The quantitative estimate of drug-likeness (QED) is 0.823. The number of nitrogens with zero attached hydrogens (tertiary/aromatic N) is 1. The van der Waals surface area contributed by atoms with Crippen LogP contribution in [-0.4, -0.2) is 28.9 Å². The van der Waals surface area contributed by atoms with E-state index in [0.29, 0.717) is 0 Å². The lowest BCUT2D eigenvalue weighted by Gasteiger charge is -2.24. The Kier molecular flexibility index (Phi) is 3.69. The summed E-state index contributed by atoms with van der Waals surface area (Å²) in [5, 5.41) is 19.0. The molecule has 1 saturated heterocycles. The van der Waals surface area contributed by atoms with Crippen molar-refractivity contribution in [1.82, 2.24) is 0 Å². The van der Waals surface area contributed by atoms with Crippen LogP contribution in [0.2, 0.25) is 0 Å². The summed E-state index contributed by atoms with van der Waals surface area (Å²) < 4.78 is 0. The van der Waals surface area contributed by atoms with Crippen LogP contribution >= 0.6 is 0 Å². The number of benzene rings is 1. The summed E-state index contributed by atoms with van der Waals surface area (Å²) in [5.74, 6) is 0. The van der Waals surface area contributed by atoms with Crippen molar-refractivity contribution < 1.29 is 10.2 Å². The molecule has 1 unspecified atom stereocenters. The third-order valence-electron chi connectivity index (χ3n) is 3.55. The maximum absolute atomic E-state index is 10.0. The molecule has 3 heteroatoms. The van der Waals surface area contributed by atoms with Gasteiger partial charge >= 0.3 is 0 Å². The molecule has 17 heavy (non-hydrogen) atoms. The van der Waals surface area contributed by atoms with E-state index in [-0.39, 0.29) is 6.61 Å². The van der Waals surface area contributed by atoms with E-state index in [0.717, 1.165) is 37.9 Å². The minimum atomic E-state index is -0.514. The van der Waals surface area contributed by atoms with Gasteiger partial charge in [-0.2, -0.15) is 0 Å². The van der Waals surface area contributed by atoms with E-state index in [2.05, 4.69) is 4.90 Å². The summed E-state index contributed by atoms with van der Waals surface area (Å²) in [6, 6.07) is 8.01. The monoisotopic (exact) mass is 235 g/mol. The van der Waals surface area contributed by atoms with Gasteiger partial charge in [0, 0.05) is 18.8 Å². The van der Waals surface area contributed by atoms with E-state index >= 15 is 0 Å². The maximum atomic E-state index is 10.0. The zero-order valence-electron chi connectivity index (χ0n) is 10.4. The molecule has 0 aromatic heterocycles. The fourth-order valence-electron chi connectivity index (χ4n) is 2.33. The van der Waals surface area contributed by atoms with Crippen LogP contribution in [-0.2, 0) is 6.61 Å². The van der Waals surface area contributed by atoms with Crippen molar-refractivity contribution in [2.45, 2.75) is 38.4 Å². The van der Waals surface area contributed by atoms with Crippen molar-refractivity contribution in [3.8, 4) is 0 Å². The van der Waals surface area contributed by atoms with Gasteiger partial charge in [-0.1, -0.05) is 12.1 Å². The normalized spacial score (nSPS) is 25.7. The summed E-state index contributed by atoms with van der Waals surface area (Å²) in [5.41, 5.74) is 1.61. The van der Waals surface area contributed by atoms with Crippen molar-refractivity contribution in [3.05, 3.63) is 29.8 Å². The van der Waals surface area contributed by atoms with Gasteiger partial charge in [-0.3, -0.25) is 0 Å². The van der Waals surface area contributed by atoms with Crippen LogP contribution in [0.4, 0.5) is 5.69 Å². The Bertz CT molecular complexity index is 359. The summed E-state index contributed by atoms with van der Waals surface area (Å²) in [7, 11) is 0. The Labute approximate surface area is 103 Å². The SMILES string of the molecule is CC1(O)CCCN(c2ccc(CO)cc2)CC1. The Hall–Kier alpha value is -1.06. The Morgan fingerprint density at radius 1 is 1.18 bits per heavy atom. The first-order chi connectivity index (χ1) is 8.11.